The van der Waals surface area contributed by atoms with Gasteiger partial charge in [-0.1, -0.05) is 27.4 Å². The Morgan fingerprint density at radius 1 is 1.11 bits per heavy atom. The Morgan fingerprint density at radius 2 is 1.71 bits per heavy atom. The molecule has 0 fully saturated rings. The lowest BCUT2D eigenvalue weighted by Gasteiger charge is -2.28. The number of ether oxygens (including phenoxy) is 1. The monoisotopic (exact) mass is 402 g/mol. The van der Waals surface area contributed by atoms with Gasteiger partial charge >= 0.3 is 17.9 Å². The van der Waals surface area contributed by atoms with Gasteiger partial charge in [-0.25, -0.2) is 4.79 Å². The molecule has 0 heterocycles. The largest absolute Gasteiger partial charge is 0.462 e. The summed E-state index contributed by atoms with van der Waals surface area (Å²) in [5, 5.41) is 8.61. The SMILES string of the molecule is C=C(C)C(=O)OCCC(=O)ONCC(C)(C)CC(C)CCNOC(=O)CCO. The molecule has 0 saturated carbocycles. The van der Waals surface area contributed by atoms with E-state index in [2.05, 4.69) is 24.5 Å². The van der Waals surface area contributed by atoms with Crippen molar-refractivity contribution in [2.45, 2.75) is 53.4 Å². The molecule has 0 bridgehead atoms. The predicted octanol–water partition coefficient (Wildman–Crippen LogP) is 1.42. The van der Waals surface area contributed by atoms with E-state index in [1.54, 1.807) is 0 Å². The fraction of sp³-hybridized carbons (Fsp3) is 0.737. The van der Waals surface area contributed by atoms with Crippen LogP contribution in [0.15, 0.2) is 12.2 Å². The summed E-state index contributed by atoms with van der Waals surface area (Å²) in [6, 6.07) is 0. The quantitative estimate of drug-likeness (QED) is 0.123. The summed E-state index contributed by atoms with van der Waals surface area (Å²) in [6.07, 6.45) is 1.59. The summed E-state index contributed by atoms with van der Waals surface area (Å²) in [6.45, 7) is 11.9. The number of aliphatic hydroxyl groups is 1. The second-order valence-electron chi connectivity index (χ2n) is 7.57. The van der Waals surface area contributed by atoms with E-state index in [1.807, 2.05) is 13.8 Å². The highest BCUT2D eigenvalue weighted by atomic mass is 16.7. The average Bonchev–Trinajstić information content (AvgIpc) is 2.58. The van der Waals surface area contributed by atoms with Crippen LogP contribution in [0.3, 0.4) is 0 Å². The molecule has 0 aliphatic rings. The highest BCUT2D eigenvalue weighted by Gasteiger charge is 2.22. The van der Waals surface area contributed by atoms with Gasteiger partial charge in [-0.2, -0.15) is 11.0 Å². The number of esters is 1. The van der Waals surface area contributed by atoms with Gasteiger partial charge in [0, 0.05) is 18.7 Å². The van der Waals surface area contributed by atoms with Crippen LogP contribution in [0.4, 0.5) is 0 Å². The number of aliphatic hydroxyl groups excluding tert-OH is 1. The van der Waals surface area contributed by atoms with E-state index >= 15 is 0 Å². The first-order valence-electron chi connectivity index (χ1n) is 9.36. The van der Waals surface area contributed by atoms with Gasteiger partial charge in [0.25, 0.3) is 0 Å². The van der Waals surface area contributed by atoms with Gasteiger partial charge in [0.15, 0.2) is 0 Å². The molecular formula is C19H34N2O7. The lowest BCUT2D eigenvalue weighted by molar-refractivity contribution is -0.155. The van der Waals surface area contributed by atoms with Gasteiger partial charge in [-0.15, -0.1) is 0 Å². The summed E-state index contributed by atoms with van der Waals surface area (Å²) in [5.74, 6) is -1.19. The molecule has 0 aromatic heterocycles. The van der Waals surface area contributed by atoms with Crippen molar-refractivity contribution in [1.29, 1.82) is 0 Å². The van der Waals surface area contributed by atoms with E-state index < -0.39 is 17.9 Å². The number of rotatable bonds is 15. The lowest BCUT2D eigenvalue weighted by atomic mass is 9.82. The van der Waals surface area contributed by atoms with Crippen LogP contribution in [0.1, 0.15) is 53.4 Å². The van der Waals surface area contributed by atoms with Crippen LogP contribution < -0.4 is 11.0 Å². The normalized spacial score (nSPS) is 12.2. The molecule has 0 aromatic carbocycles. The second kappa shape index (κ2) is 14.1. The topological polar surface area (TPSA) is 123 Å². The molecule has 3 N–H and O–H groups in total. The molecule has 0 aliphatic carbocycles. The molecular weight excluding hydrogens is 368 g/mol. The maximum absolute atomic E-state index is 11.6. The highest BCUT2D eigenvalue weighted by Crippen LogP contribution is 2.26. The van der Waals surface area contributed by atoms with Crippen LogP contribution in [-0.4, -0.2) is 49.3 Å². The molecule has 0 rings (SSSR count). The molecule has 28 heavy (non-hydrogen) atoms. The van der Waals surface area contributed by atoms with E-state index in [1.165, 1.54) is 6.92 Å². The molecule has 0 aromatic rings. The Labute approximate surface area is 166 Å². The Kier molecular flexibility index (Phi) is 13.1. The number of carbonyl (C=O) groups is 3. The van der Waals surface area contributed by atoms with Crippen molar-refractivity contribution in [3.05, 3.63) is 12.2 Å². The first kappa shape index (κ1) is 26.0. The summed E-state index contributed by atoms with van der Waals surface area (Å²) < 4.78 is 4.83. The van der Waals surface area contributed by atoms with Gasteiger partial charge in [0.2, 0.25) is 0 Å². The Hall–Kier alpha value is -1.97. The predicted molar refractivity (Wildman–Crippen MR) is 102 cm³/mol. The molecule has 1 unspecified atom stereocenters. The Balaban J connectivity index is 3.91. The molecule has 0 saturated heterocycles. The number of hydrogen-bond donors (Lipinski definition) is 3. The molecule has 0 spiro atoms. The van der Waals surface area contributed by atoms with Gasteiger partial charge in [0.1, 0.15) is 6.61 Å². The van der Waals surface area contributed by atoms with E-state index in [9.17, 15) is 14.4 Å². The van der Waals surface area contributed by atoms with Crippen molar-refractivity contribution in [1.82, 2.24) is 11.0 Å². The summed E-state index contributed by atoms with van der Waals surface area (Å²) in [4.78, 5) is 43.6. The van der Waals surface area contributed by atoms with Crippen LogP contribution in [0.25, 0.3) is 0 Å². The van der Waals surface area contributed by atoms with Crippen molar-refractivity contribution in [3.8, 4) is 0 Å². The highest BCUT2D eigenvalue weighted by molar-refractivity contribution is 5.87. The maximum atomic E-state index is 11.6. The fourth-order valence-electron chi connectivity index (χ4n) is 2.41. The fourth-order valence-corrected chi connectivity index (χ4v) is 2.41. The summed E-state index contributed by atoms with van der Waals surface area (Å²) in [7, 11) is 0. The molecule has 1 atom stereocenters. The molecule has 9 nitrogen and oxygen atoms in total. The minimum absolute atomic E-state index is 0.0314. The van der Waals surface area contributed by atoms with Crippen molar-refractivity contribution in [3.63, 3.8) is 0 Å². The molecule has 0 radical (unpaired) electrons. The minimum atomic E-state index is -0.534. The number of hydrogen-bond acceptors (Lipinski definition) is 9. The van der Waals surface area contributed by atoms with E-state index in [-0.39, 0.29) is 37.0 Å². The van der Waals surface area contributed by atoms with Crippen LogP contribution in [0.2, 0.25) is 0 Å². The zero-order chi connectivity index (χ0) is 21.6. The van der Waals surface area contributed by atoms with E-state index in [0.29, 0.717) is 19.0 Å². The third-order valence-corrected chi connectivity index (χ3v) is 3.77. The van der Waals surface area contributed by atoms with Crippen LogP contribution in [0, 0.1) is 11.3 Å². The zero-order valence-electron chi connectivity index (χ0n) is 17.3. The van der Waals surface area contributed by atoms with Gasteiger partial charge < -0.3 is 19.5 Å². The van der Waals surface area contributed by atoms with E-state index in [4.69, 9.17) is 19.5 Å². The minimum Gasteiger partial charge on any atom is -0.462 e. The summed E-state index contributed by atoms with van der Waals surface area (Å²) in [5.41, 5.74) is 5.42. The third kappa shape index (κ3) is 14.1. The smallest absolute Gasteiger partial charge is 0.333 e. The van der Waals surface area contributed by atoms with Crippen LogP contribution >= 0.6 is 0 Å². The van der Waals surface area contributed by atoms with Crippen molar-refractivity contribution >= 4 is 17.9 Å². The van der Waals surface area contributed by atoms with E-state index in [0.717, 1.165) is 12.8 Å². The number of carbonyl (C=O) groups excluding carboxylic acids is 3. The number of nitrogens with one attached hydrogen (secondary N) is 2. The molecule has 0 amide bonds. The first-order chi connectivity index (χ1) is 13.1. The van der Waals surface area contributed by atoms with Crippen molar-refractivity contribution in [2.75, 3.05) is 26.3 Å². The van der Waals surface area contributed by atoms with Crippen LogP contribution in [-0.2, 0) is 28.8 Å². The Morgan fingerprint density at radius 3 is 2.32 bits per heavy atom. The van der Waals surface area contributed by atoms with Gasteiger partial charge in [0.05, 0.1) is 19.4 Å². The Bertz CT molecular complexity index is 520. The summed E-state index contributed by atoms with van der Waals surface area (Å²) >= 11 is 0. The van der Waals surface area contributed by atoms with Crippen LogP contribution in [0.5, 0.6) is 0 Å². The second-order valence-corrected chi connectivity index (χ2v) is 7.57. The first-order valence-corrected chi connectivity index (χ1v) is 9.36. The molecule has 0 aliphatic heterocycles. The zero-order valence-corrected chi connectivity index (χ0v) is 17.3. The van der Waals surface area contributed by atoms with Gasteiger partial charge in [-0.3, -0.25) is 9.59 Å². The van der Waals surface area contributed by atoms with Gasteiger partial charge in [-0.05, 0) is 31.1 Å². The van der Waals surface area contributed by atoms with Crippen molar-refractivity contribution < 1.29 is 33.9 Å². The van der Waals surface area contributed by atoms with Crippen molar-refractivity contribution in [2.24, 2.45) is 11.3 Å². The lowest BCUT2D eigenvalue weighted by Crippen LogP contribution is -2.33. The molecule has 162 valence electrons. The average molecular weight is 402 g/mol. The maximum Gasteiger partial charge on any atom is 0.333 e. The third-order valence-electron chi connectivity index (χ3n) is 3.77. The number of hydroxylamine groups is 2. The standard InChI is InChI=1S/C19H34N2O7/c1-14(2)18(25)26-11-8-17(24)28-21-13-19(4,5)12-15(3)6-9-20-27-16(23)7-10-22/h15,20-22H,1,6-13H2,2-5H3. The molecule has 9 heteroatoms.